The predicted molar refractivity (Wildman–Crippen MR) is 120 cm³/mol. The zero-order valence-electron chi connectivity index (χ0n) is 19.0. The summed E-state index contributed by atoms with van der Waals surface area (Å²) in [6, 6.07) is 6.21. The molecule has 3 aromatic rings. The first-order valence-electron chi connectivity index (χ1n) is 10.8. The Balaban J connectivity index is 1.73. The minimum Gasteiger partial charge on any atom is -0.442 e. The summed E-state index contributed by atoms with van der Waals surface area (Å²) in [6.45, 7) is 5.34. The average Bonchev–Trinajstić information content (AvgIpc) is 3.44. The molecule has 7 nitrogen and oxygen atoms in total. The van der Waals surface area contributed by atoms with Crippen molar-refractivity contribution in [2.24, 2.45) is 0 Å². The fraction of sp³-hybridized carbons (Fsp3) is 0.458. The van der Waals surface area contributed by atoms with Crippen molar-refractivity contribution in [3.63, 3.8) is 0 Å². The molecule has 1 amide bonds. The summed E-state index contributed by atoms with van der Waals surface area (Å²) in [4.78, 5) is 26.5. The highest BCUT2D eigenvalue weighted by molar-refractivity contribution is 6.10. The van der Waals surface area contributed by atoms with Crippen LogP contribution in [0.15, 0.2) is 35.0 Å². The van der Waals surface area contributed by atoms with Crippen LogP contribution in [0.3, 0.4) is 0 Å². The number of carbonyl (C=O) groups excluding carboxylic acids is 1. The normalized spacial score (nSPS) is 14.5. The topological polar surface area (TPSA) is 71.7 Å². The fourth-order valence-corrected chi connectivity index (χ4v) is 3.93. The molecule has 2 heterocycles. The highest BCUT2D eigenvalue weighted by atomic mass is 19.1. The van der Waals surface area contributed by atoms with Crippen LogP contribution in [0, 0.1) is 12.7 Å². The Morgan fingerprint density at radius 2 is 1.97 bits per heavy atom. The van der Waals surface area contributed by atoms with Crippen LogP contribution < -0.4 is 4.90 Å². The molecule has 0 saturated heterocycles. The Labute approximate surface area is 187 Å². The Morgan fingerprint density at radius 1 is 1.25 bits per heavy atom. The van der Waals surface area contributed by atoms with E-state index in [1.165, 1.54) is 18.5 Å². The van der Waals surface area contributed by atoms with Crippen LogP contribution in [0.1, 0.15) is 47.9 Å². The zero-order chi connectivity index (χ0) is 22.9. The van der Waals surface area contributed by atoms with Gasteiger partial charge >= 0.3 is 0 Å². The van der Waals surface area contributed by atoms with Crippen molar-refractivity contribution >= 4 is 22.8 Å². The van der Waals surface area contributed by atoms with E-state index in [1.807, 2.05) is 7.05 Å². The summed E-state index contributed by atoms with van der Waals surface area (Å²) in [5.74, 6) is 0.749. The van der Waals surface area contributed by atoms with Crippen molar-refractivity contribution in [1.82, 2.24) is 14.9 Å². The van der Waals surface area contributed by atoms with Gasteiger partial charge in [-0.25, -0.2) is 14.4 Å². The number of hydrogen-bond donors (Lipinski definition) is 0. The van der Waals surface area contributed by atoms with Gasteiger partial charge in [0.05, 0.1) is 10.9 Å². The maximum atomic E-state index is 13.8. The van der Waals surface area contributed by atoms with Gasteiger partial charge in [-0.05, 0) is 50.8 Å². The van der Waals surface area contributed by atoms with Gasteiger partial charge in [-0.3, -0.25) is 4.79 Å². The van der Waals surface area contributed by atoms with E-state index >= 15 is 0 Å². The molecule has 32 heavy (non-hydrogen) atoms. The van der Waals surface area contributed by atoms with Crippen LogP contribution in [0.5, 0.6) is 0 Å². The fourth-order valence-electron chi connectivity index (χ4n) is 3.93. The molecule has 1 aliphatic carbocycles. The lowest BCUT2D eigenvalue weighted by atomic mass is 10.1. The number of benzene rings is 1. The third-order valence-corrected chi connectivity index (χ3v) is 6.31. The van der Waals surface area contributed by atoms with Gasteiger partial charge < -0.3 is 19.0 Å². The van der Waals surface area contributed by atoms with Gasteiger partial charge in [0, 0.05) is 39.4 Å². The largest absolute Gasteiger partial charge is 0.442 e. The van der Waals surface area contributed by atoms with Gasteiger partial charge in [-0.1, -0.05) is 12.1 Å². The van der Waals surface area contributed by atoms with E-state index in [0.29, 0.717) is 54.4 Å². The third kappa shape index (κ3) is 4.32. The lowest BCUT2D eigenvalue weighted by molar-refractivity contribution is 0.0723. The number of halogens is 1. The van der Waals surface area contributed by atoms with E-state index < -0.39 is 0 Å². The minimum atomic E-state index is -0.305. The monoisotopic (exact) mass is 440 g/mol. The van der Waals surface area contributed by atoms with Crippen molar-refractivity contribution in [3.8, 4) is 0 Å². The van der Waals surface area contributed by atoms with Gasteiger partial charge in [0.25, 0.3) is 5.91 Å². The summed E-state index contributed by atoms with van der Waals surface area (Å²) in [6.07, 6.45) is 4.30. The number of fused-ring (bicyclic) bond motifs is 1. The van der Waals surface area contributed by atoms with Crippen molar-refractivity contribution in [1.29, 1.82) is 0 Å². The van der Waals surface area contributed by atoms with Gasteiger partial charge in [0.1, 0.15) is 23.7 Å². The number of aromatic nitrogens is 2. The number of ether oxygens (including phenoxy) is 1. The molecule has 1 fully saturated rings. The molecule has 0 bridgehead atoms. The Morgan fingerprint density at radius 3 is 2.62 bits per heavy atom. The van der Waals surface area contributed by atoms with Crippen LogP contribution in [0.25, 0.3) is 11.1 Å². The van der Waals surface area contributed by atoms with Crippen LogP contribution in [0.2, 0.25) is 0 Å². The van der Waals surface area contributed by atoms with E-state index in [9.17, 15) is 9.18 Å². The first-order valence-corrected chi connectivity index (χ1v) is 10.8. The van der Waals surface area contributed by atoms with Crippen LogP contribution in [0.4, 0.5) is 10.2 Å². The molecule has 1 saturated carbocycles. The second-order valence-corrected chi connectivity index (χ2v) is 8.67. The lowest BCUT2D eigenvalue weighted by Crippen LogP contribution is -2.34. The summed E-state index contributed by atoms with van der Waals surface area (Å²) < 4.78 is 24.4. The predicted octanol–water partition coefficient (Wildman–Crippen LogP) is 4.34. The van der Waals surface area contributed by atoms with Crippen LogP contribution >= 0.6 is 0 Å². The molecule has 0 atom stereocenters. The minimum absolute atomic E-state index is 0.0268. The molecular formula is C24H29FN4O3. The Hall–Kier alpha value is -3.00. The van der Waals surface area contributed by atoms with E-state index in [-0.39, 0.29) is 17.3 Å². The summed E-state index contributed by atoms with van der Waals surface area (Å²) in [5, 5.41) is 0.640. The molecule has 4 rings (SSSR count). The number of hydrogen-bond acceptors (Lipinski definition) is 6. The number of rotatable bonds is 9. The number of nitrogens with zero attached hydrogens (tertiary/aromatic N) is 4. The molecule has 0 unspecified atom stereocenters. The first-order chi connectivity index (χ1) is 15.3. The Kier molecular flexibility index (Phi) is 6.15. The summed E-state index contributed by atoms with van der Waals surface area (Å²) >= 11 is 0. The van der Waals surface area contributed by atoms with Crippen molar-refractivity contribution < 1.29 is 18.3 Å². The van der Waals surface area contributed by atoms with Gasteiger partial charge in [0.2, 0.25) is 5.71 Å². The Bertz CT molecular complexity index is 1110. The number of aryl methyl sites for hydroxylation is 1. The van der Waals surface area contributed by atoms with E-state index in [0.717, 1.165) is 18.4 Å². The van der Waals surface area contributed by atoms with Gasteiger partial charge in [-0.15, -0.1) is 0 Å². The quantitative estimate of drug-likeness (QED) is 0.461. The molecule has 0 N–H and O–H groups in total. The first kappa shape index (κ1) is 22.2. The number of amides is 1. The molecule has 170 valence electrons. The maximum absolute atomic E-state index is 13.8. The molecule has 0 aliphatic heterocycles. The maximum Gasteiger partial charge on any atom is 0.258 e. The summed E-state index contributed by atoms with van der Waals surface area (Å²) in [7, 11) is 3.64. The molecular weight excluding hydrogens is 411 g/mol. The zero-order valence-corrected chi connectivity index (χ0v) is 19.0. The SMILES string of the molecule is COCCCN(Cc1ccc(F)cc1)C(=O)c1c(C)oc2ncnc(N(C)C3(C)CC3)c12. The average molecular weight is 441 g/mol. The molecule has 2 aromatic heterocycles. The van der Waals surface area contributed by atoms with E-state index in [2.05, 4.69) is 21.8 Å². The second kappa shape index (κ2) is 8.86. The van der Waals surface area contributed by atoms with Crippen molar-refractivity contribution in [2.75, 3.05) is 32.2 Å². The summed E-state index contributed by atoms with van der Waals surface area (Å²) in [5.41, 5.74) is 1.76. The standard InChI is InChI=1S/C24H29FN4O3/c1-16-19(20-21(26-15-27-22(20)32-16)28(3)24(2)10-11-24)23(30)29(12-5-13-31-4)14-17-6-8-18(25)9-7-17/h6-9,15H,5,10-14H2,1-4H3. The van der Waals surface area contributed by atoms with Gasteiger partial charge in [0.15, 0.2) is 0 Å². The van der Waals surface area contributed by atoms with Crippen molar-refractivity contribution in [3.05, 3.63) is 53.3 Å². The number of carbonyl (C=O) groups is 1. The van der Waals surface area contributed by atoms with Crippen LogP contribution in [-0.2, 0) is 11.3 Å². The number of anilines is 1. The molecule has 0 spiro atoms. The molecule has 1 aliphatic rings. The third-order valence-electron chi connectivity index (χ3n) is 6.31. The van der Waals surface area contributed by atoms with E-state index in [1.54, 1.807) is 31.1 Å². The highest BCUT2D eigenvalue weighted by Crippen LogP contribution is 2.44. The smallest absolute Gasteiger partial charge is 0.258 e. The van der Waals surface area contributed by atoms with Crippen LogP contribution in [-0.4, -0.2) is 53.6 Å². The number of methoxy groups -OCH3 is 1. The van der Waals surface area contributed by atoms with Gasteiger partial charge in [-0.2, -0.15) is 0 Å². The molecule has 1 aromatic carbocycles. The molecule has 8 heteroatoms. The second-order valence-electron chi connectivity index (χ2n) is 8.67. The highest BCUT2D eigenvalue weighted by Gasteiger charge is 2.43. The lowest BCUT2D eigenvalue weighted by Gasteiger charge is -2.27. The number of furan rings is 1. The van der Waals surface area contributed by atoms with E-state index in [4.69, 9.17) is 9.15 Å². The van der Waals surface area contributed by atoms with Crippen molar-refractivity contribution in [2.45, 2.75) is 45.2 Å². The molecule has 0 radical (unpaired) electrons.